The van der Waals surface area contributed by atoms with Gasteiger partial charge >= 0.3 is 11.7 Å². The van der Waals surface area contributed by atoms with Gasteiger partial charge in [0.15, 0.2) is 0 Å². The van der Waals surface area contributed by atoms with Gasteiger partial charge in [-0.05, 0) is 13.1 Å². The van der Waals surface area contributed by atoms with Crippen LogP contribution in [0.4, 0.5) is 5.69 Å². The topological polar surface area (TPSA) is 81.5 Å². The number of esters is 1. The maximum atomic E-state index is 11.1. The Bertz CT molecular complexity index is 378. The predicted octanol–water partition coefficient (Wildman–Crippen LogP) is 0.720. The molecule has 15 heavy (non-hydrogen) atoms. The number of likely N-dealkylation sites (N-methyl/N-ethyl adjacent to an activating group) is 1. The maximum Gasteiger partial charge on any atom is 0.325 e. The second kappa shape index (κ2) is 5.06. The van der Waals surface area contributed by atoms with Gasteiger partial charge in [-0.1, -0.05) is 12.1 Å². The molecule has 0 heterocycles. The minimum atomic E-state index is -0.595. The van der Waals surface area contributed by atoms with Gasteiger partial charge in [0.1, 0.15) is 0 Å². The number of benzene rings is 1. The van der Waals surface area contributed by atoms with E-state index in [9.17, 15) is 14.9 Å². The largest absolute Gasteiger partial charge is 0.418 e. The van der Waals surface area contributed by atoms with Gasteiger partial charge in [-0.2, -0.15) is 0 Å². The van der Waals surface area contributed by atoms with Gasteiger partial charge in [-0.15, -0.1) is 0 Å². The fourth-order valence-electron chi connectivity index (χ4n) is 0.997. The number of nitro benzene ring substituents is 1. The summed E-state index contributed by atoms with van der Waals surface area (Å²) in [6.07, 6.45) is 0. The van der Waals surface area contributed by atoms with Crippen molar-refractivity contribution < 1.29 is 14.5 Å². The minimum Gasteiger partial charge on any atom is -0.418 e. The van der Waals surface area contributed by atoms with E-state index >= 15 is 0 Å². The second-order valence-electron chi connectivity index (χ2n) is 2.73. The normalized spacial score (nSPS) is 9.67. The summed E-state index contributed by atoms with van der Waals surface area (Å²) < 4.78 is 4.80. The first-order valence-corrected chi connectivity index (χ1v) is 4.24. The lowest BCUT2D eigenvalue weighted by Crippen LogP contribution is -2.23. The van der Waals surface area contributed by atoms with Gasteiger partial charge in [-0.25, -0.2) is 0 Å². The van der Waals surface area contributed by atoms with Gasteiger partial charge in [0.25, 0.3) is 0 Å². The van der Waals surface area contributed by atoms with E-state index in [-0.39, 0.29) is 18.0 Å². The minimum absolute atomic E-state index is 0.00600. The number of nitrogens with zero attached hydrogens (tertiary/aromatic N) is 1. The maximum absolute atomic E-state index is 11.1. The van der Waals surface area contributed by atoms with Crippen molar-refractivity contribution in [3.8, 4) is 5.75 Å². The van der Waals surface area contributed by atoms with Crippen LogP contribution in [0.2, 0.25) is 0 Å². The molecule has 0 fully saturated rings. The molecule has 6 nitrogen and oxygen atoms in total. The number of carbonyl (C=O) groups is 1. The average Bonchev–Trinajstić information content (AvgIpc) is 2.18. The van der Waals surface area contributed by atoms with Crippen LogP contribution in [0.3, 0.4) is 0 Å². The first-order chi connectivity index (χ1) is 7.15. The SMILES string of the molecule is CNCC(=O)Oc1ccccc1[N+](=O)[O-]. The Labute approximate surface area is 86.0 Å². The summed E-state index contributed by atoms with van der Waals surface area (Å²) in [4.78, 5) is 21.0. The van der Waals surface area contributed by atoms with Crippen LogP contribution in [0, 0.1) is 10.1 Å². The van der Waals surface area contributed by atoms with Gasteiger partial charge in [0.2, 0.25) is 5.75 Å². The van der Waals surface area contributed by atoms with Gasteiger partial charge in [-0.3, -0.25) is 14.9 Å². The van der Waals surface area contributed by atoms with E-state index in [0.717, 1.165) is 0 Å². The first-order valence-electron chi connectivity index (χ1n) is 4.24. The molecule has 0 aliphatic heterocycles. The van der Waals surface area contributed by atoms with Crippen LogP contribution in [-0.2, 0) is 4.79 Å². The van der Waals surface area contributed by atoms with E-state index in [2.05, 4.69) is 5.32 Å². The van der Waals surface area contributed by atoms with Gasteiger partial charge in [0.05, 0.1) is 11.5 Å². The van der Waals surface area contributed by atoms with Crippen molar-refractivity contribution in [2.45, 2.75) is 0 Å². The lowest BCUT2D eigenvalue weighted by molar-refractivity contribution is -0.385. The van der Waals surface area contributed by atoms with E-state index in [1.807, 2.05) is 0 Å². The highest BCUT2D eigenvalue weighted by Crippen LogP contribution is 2.25. The lowest BCUT2D eigenvalue weighted by Gasteiger charge is -2.03. The molecule has 0 atom stereocenters. The molecule has 80 valence electrons. The van der Waals surface area contributed by atoms with Crippen LogP contribution in [0.5, 0.6) is 5.75 Å². The van der Waals surface area contributed by atoms with Crippen molar-refractivity contribution in [2.75, 3.05) is 13.6 Å². The highest BCUT2D eigenvalue weighted by atomic mass is 16.6. The quantitative estimate of drug-likeness (QED) is 0.342. The molecule has 1 aromatic carbocycles. The molecule has 0 unspecified atom stereocenters. The molecular formula is C9H10N2O4. The predicted molar refractivity (Wildman–Crippen MR) is 52.7 cm³/mol. The van der Waals surface area contributed by atoms with Crippen LogP contribution in [0.1, 0.15) is 0 Å². The van der Waals surface area contributed by atoms with Gasteiger partial charge < -0.3 is 10.1 Å². The third-order valence-electron chi connectivity index (χ3n) is 1.61. The Morgan fingerprint density at radius 3 is 2.80 bits per heavy atom. The molecule has 0 aliphatic rings. The molecule has 0 saturated heterocycles. The Hall–Kier alpha value is -1.95. The molecule has 0 spiro atoms. The Kier molecular flexibility index (Phi) is 3.75. The molecule has 0 saturated carbocycles. The zero-order valence-corrected chi connectivity index (χ0v) is 8.10. The van der Waals surface area contributed by atoms with Crippen molar-refractivity contribution in [3.63, 3.8) is 0 Å². The first kappa shape index (κ1) is 11.1. The molecular weight excluding hydrogens is 200 g/mol. The Morgan fingerprint density at radius 2 is 2.20 bits per heavy atom. The number of nitro groups is 1. The summed E-state index contributed by atoms with van der Waals surface area (Å²) >= 11 is 0. The van der Waals surface area contributed by atoms with Crippen LogP contribution >= 0.6 is 0 Å². The fourth-order valence-corrected chi connectivity index (χ4v) is 0.997. The Morgan fingerprint density at radius 1 is 1.53 bits per heavy atom. The van der Waals surface area contributed by atoms with E-state index in [0.29, 0.717) is 0 Å². The molecule has 0 aliphatic carbocycles. The second-order valence-corrected chi connectivity index (χ2v) is 2.73. The molecule has 0 aromatic heterocycles. The fraction of sp³-hybridized carbons (Fsp3) is 0.222. The number of ether oxygens (including phenoxy) is 1. The van der Waals surface area contributed by atoms with Crippen molar-refractivity contribution >= 4 is 11.7 Å². The summed E-state index contributed by atoms with van der Waals surface area (Å²) in [7, 11) is 1.58. The van der Waals surface area contributed by atoms with Crippen LogP contribution < -0.4 is 10.1 Å². The average molecular weight is 210 g/mol. The third-order valence-corrected chi connectivity index (χ3v) is 1.61. The summed E-state index contributed by atoms with van der Waals surface area (Å²) in [5.41, 5.74) is -0.220. The summed E-state index contributed by atoms with van der Waals surface area (Å²) in [6.45, 7) is 0.00600. The van der Waals surface area contributed by atoms with Crippen molar-refractivity contribution in [3.05, 3.63) is 34.4 Å². The number of nitrogens with one attached hydrogen (secondary N) is 1. The monoisotopic (exact) mass is 210 g/mol. The highest BCUT2D eigenvalue weighted by Gasteiger charge is 2.16. The number of rotatable bonds is 4. The summed E-state index contributed by atoms with van der Waals surface area (Å²) in [5, 5.41) is 13.2. The molecule has 0 radical (unpaired) electrons. The van der Waals surface area contributed by atoms with E-state index < -0.39 is 10.9 Å². The lowest BCUT2D eigenvalue weighted by atomic mass is 10.3. The summed E-state index contributed by atoms with van der Waals surface area (Å²) in [6, 6.07) is 5.73. The standard InChI is InChI=1S/C9H10N2O4/c1-10-6-9(12)15-8-5-3-2-4-7(8)11(13)14/h2-5,10H,6H2,1H3. The van der Waals surface area contributed by atoms with Crippen LogP contribution in [-0.4, -0.2) is 24.5 Å². The molecule has 6 heteroatoms. The smallest absolute Gasteiger partial charge is 0.325 e. The zero-order valence-electron chi connectivity index (χ0n) is 8.10. The number of para-hydroxylation sites is 2. The number of carbonyl (C=O) groups excluding carboxylic acids is 1. The number of hydrogen-bond donors (Lipinski definition) is 1. The molecule has 1 aromatic rings. The van der Waals surface area contributed by atoms with Crippen LogP contribution in [0.25, 0.3) is 0 Å². The van der Waals surface area contributed by atoms with E-state index in [1.165, 1.54) is 18.2 Å². The number of hydrogen-bond acceptors (Lipinski definition) is 5. The van der Waals surface area contributed by atoms with Crippen LogP contribution in [0.15, 0.2) is 24.3 Å². The van der Waals surface area contributed by atoms with Crippen molar-refractivity contribution in [1.29, 1.82) is 0 Å². The van der Waals surface area contributed by atoms with E-state index in [1.54, 1.807) is 13.1 Å². The molecule has 1 rings (SSSR count). The molecule has 0 amide bonds. The van der Waals surface area contributed by atoms with Crippen molar-refractivity contribution in [2.24, 2.45) is 0 Å². The highest BCUT2D eigenvalue weighted by molar-refractivity contribution is 5.75. The zero-order chi connectivity index (χ0) is 11.3. The third kappa shape index (κ3) is 3.03. The molecule has 1 N–H and O–H groups in total. The van der Waals surface area contributed by atoms with Crippen molar-refractivity contribution in [1.82, 2.24) is 5.32 Å². The van der Waals surface area contributed by atoms with Gasteiger partial charge in [0, 0.05) is 6.07 Å². The Balaban J connectivity index is 2.84. The summed E-state index contributed by atoms with van der Waals surface area (Å²) in [5.74, 6) is -0.602. The van der Waals surface area contributed by atoms with E-state index in [4.69, 9.17) is 4.74 Å². The molecule has 0 bridgehead atoms.